The lowest BCUT2D eigenvalue weighted by molar-refractivity contribution is 0.102. The molecule has 1 N–H and O–H groups in total. The minimum absolute atomic E-state index is 0.0843. The SMILES string of the molecule is CCCc1cc(C(=O)Nc2nc(-c3ccc(C)c(C)c3)c(C)s2)cs1. The normalized spacial score (nSPS) is 10.9. The number of aromatic nitrogens is 1. The highest BCUT2D eigenvalue weighted by Gasteiger charge is 2.14. The van der Waals surface area contributed by atoms with E-state index in [2.05, 4.69) is 49.3 Å². The molecule has 3 rings (SSSR count). The van der Waals surface area contributed by atoms with E-state index in [0.29, 0.717) is 10.7 Å². The van der Waals surface area contributed by atoms with Crippen LogP contribution in [0.15, 0.2) is 29.6 Å². The summed E-state index contributed by atoms with van der Waals surface area (Å²) in [7, 11) is 0. The Morgan fingerprint density at radius 2 is 1.96 bits per heavy atom. The smallest absolute Gasteiger partial charge is 0.258 e. The quantitative estimate of drug-likeness (QED) is 0.598. The summed E-state index contributed by atoms with van der Waals surface area (Å²) in [5, 5.41) is 5.52. The molecule has 0 bridgehead atoms. The molecule has 3 nitrogen and oxygen atoms in total. The Balaban J connectivity index is 1.79. The average Bonchev–Trinajstić information content (AvgIpc) is 3.17. The van der Waals surface area contributed by atoms with Gasteiger partial charge < -0.3 is 0 Å². The highest BCUT2D eigenvalue weighted by molar-refractivity contribution is 7.16. The molecule has 1 aromatic carbocycles. The van der Waals surface area contributed by atoms with Crippen molar-refractivity contribution < 1.29 is 4.79 Å². The highest BCUT2D eigenvalue weighted by Crippen LogP contribution is 2.31. The van der Waals surface area contributed by atoms with Crippen molar-refractivity contribution in [1.29, 1.82) is 0 Å². The van der Waals surface area contributed by atoms with Crippen LogP contribution in [0.5, 0.6) is 0 Å². The summed E-state index contributed by atoms with van der Waals surface area (Å²) in [6.45, 7) is 8.40. The van der Waals surface area contributed by atoms with Gasteiger partial charge in [0, 0.05) is 20.7 Å². The van der Waals surface area contributed by atoms with Crippen LogP contribution in [0.4, 0.5) is 5.13 Å². The summed E-state index contributed by atoms with van der Waals surface area (Å²) in [6, 6.07) is 8.33. The number of thiazole rings is 1. The van der Waals surface area contributed by atoms with Crippen LogP contribution in [0.2, 0.25) is 0 Å². The van der Waals surface area contributed by atoms with Crippen LogP contribution in [0, 0.1) is 20.8 Å². The van der Waals surface area contributed by atoms with Crippen LogP contribution in [-0.2, 0) is 6.42 Å². The molecule has 2 aromatic heterocycles. The molecule has 0 unspecified atom stereocenters. The van der Waals surface area contributed by atoms with Crippen LogP contribution in [0.3, 0.4) is 0 Å². The maximum Gasteiger partial charge on any atom is 0.258 e. The van der Waals surface area contributed by atoms with E-state index in [1.54, 1.807) is 11.3 Å². The monoisotopic (exact) mass is 370 g/mol. The van der Waals surface area contributed by atoms with E-state index in [0.717, 1.165) is 29.0 Å². The number of aryl methyl sites for hydroxylation is 4. The Hall–Kier alpha value is -1.98. The van der Waals surface area contributed by atoms with Gasteiger partial charge in [0.15, 0.2) is 5.13 Å². The van der Waals surface area contributed by atoms with Crippen molar-refractivity contribution in [2.24, 2.45) is 0 Å². The molecule has 0 saturated heterocycles. The van der Waals surface area contributed by atoms with Crippen LogP contribution >= 0.6 is 22.7 Å². The standard InChI is InChI=1S/C20H22N2OS2/c1-5-6-17-10-16(11-24-17)19(23)22-20-21-18(14(4)25-20)15-8-7-12(2)13(3)9-15/h7-11H,5-6H2,1-4H3,(H,21,22,23). The molecule has 0 radical (unpaired) electrons. The van der Waals surface area contributed by atoms with Crippen molar-refractivity contribution in [3.05, 3.63) is 56.1 Å². The molecule has 0 atom stereocenters. The first-order valence-corrected chi connectivity index (χ1v) is 10.1. The van der Waals surface area contributed by atoms with E-state index in [1.807, 2.05) is 18.4 Å². The summed E-state index contributed by atoms with van der Waals surface area (Å²) < 4.78 is 0. The average molecular weight is 371 g/mol. The molecule has 0 fully saturated rings. The third kappa shape index (κ3) is 3.99. The van der Waals surface area contributed by atoms with Crippen molar-refractivity contribution in [3.63, 3.8) is 0 Å². The van der Waals surface area contributed by atoms with Gasteiger partial charge in [0.2, 0.25) is 0 Å². The fraction of sp³-hybridized carbons (Fsp3) is 0.300. The van der Waals surface area contributed by atoms with E-state index in [4.69, 9.17) is 0 Å². The van der Waals surface area contributed by atoms with Gasteiger partial charge >= 0.3 is 0 Å². The van der Waals surface area contributed by atoms with Gasteiger partial charge in [0.1, 0.15) is 0 Å². The number of nitrogens with one attached hydrogen (secondary N) is 1. The minimum atomic E-state index is -0.0843. The molecule has 0 aliphatic rings. The predicted molar refractivity (Wildman–Crippen MR) is 108 cm³/mol. The molecule has 0 saturated carbocycles. The van der Waals surface area contributed by atoms with Crippen LogP contribution in [0.1, 0.15) is 44.6 Å². The predicted octanol–water partition coefficient (Wildman–Crippen LogP) is 6.00. The molecule has 130 valence electrons. The van der Waals surface area contributed by atoms with Gasteiger partial charge in [-0.25, -0.2) is 4.98 Å². The second-order valence-corrected chi connectivity index (χ2v) is 8.43. The van der Waals surface area contributed by atoms with Crippen molar-refractivity contribution in [1.82, 2.24) is 4.98 Å². The Labute approximate surface area is 156 Å². The molecule has 1 amide bonds. The first-order valence-electron chi connectivity index (χ1n) is 8.41. The molecule has 5 heteroatoms. The first-order chi connectivity index (χ1) is 12.0. The second-order valence-electron chi connectivity index (χ2n) is 6.23. The van der Waals surface area contributed by atoms with Crippen LogP contribution in [-0.4, -0.2) is 10.9 Å². The number of hydrogen-bond donors (Lipinski definition) is 1. The van der Waals surface area contributed by atoms with Gasteiger partial charge in [0.25, 0.3) is 5.91 Å². The topological polar surface area (TPSA) is 42.0 Å². The fourth-order valence-corrected chi connectivity index (χ4v) is 4.45. The Kier molecular flexibility index (Phi) is 5.35. The lowest BCUT2D eigenvalue weighted by atomic mass is 10.0. The van der Waals surface area contributed by atoms with Gasteiger partial charge in [0.05, 0.1) is 11.3 Å². The van der Waals surface area contributed by atoms with Gasteiger partial charge in [-0.3, -0.25) is 10.1 Å². The summed E-state index contributed by atoms with van der Waals surface area (Å²) in [4.78, 5) is 19.5. The number of amides is 1. The number of rotatable bonds is 5. The minimum Gasteiger partial charge on any atom is -0.298 e. The van der Waals surface area contributed by atoms with E-state index in [9.17, 15) is 4.79 Å². The van der Waals surface area contributed by atoms with Gasteiger partial charge in [-0.1, -0.05) is 25.5 Å². The van der Waals surface area contributed by atoms with E-state index in [1.165, 1.54) is 27.3 Å². The number of carbonyl (C=O) groups excluding carboxylic acids is 1. The largest absolute Gasteiger partial charge is 0.298 e. The molecule has 2 heterocycles. The zero-order valence-electron chi connectivity index (χ0n) is 15.0. The van der Waals surface area contributed by atoms with Gasteiger partial charge in [-0.05, 0) is 50.5 Å². The number of hydrogen-bond acceptors (Lipinski definition) is 4. The van der Waals surface area contributed by atoms with Crippen molar-refractivity contribution in [2.75, 3.05) is 5.32 Å². The second kappa shape index (κ2) is 7.50. The Morgan fingerprint density at radius 3 is 2.68 bits per heavy atom. The molecule has 0 aliphatic carbocycles. The number of benzene rings is 1. The number of thiophene rings is 1. The Morgan fingerprint density at radius 1 is 1.16 bits per heavy atom. The van der Waals surface area contributed by atoms with E-state index < -0.39 is 0 Å². The third-order valence-electron chi connectivity index (χ3n) is 4.21. The van der Waals surface area contributed by atoms with Gasteiger partial charge in [-0.15, -0.1) is 22.7 Å². The third-order valence-corrected chi connectivity index (χ3v) is 6.09. The lowest BCUT2D eigenvalue weighted by Crippen LogP contribution is -2.10. The fourth-order valence-electron chi connectivity index (χ4n) is 2.65. The zero-order chi connectivity index (χ0) is 18.0. The number of carbonyl (C=O) groups is 1. The highest BCUT2D eigenvalue weighted by atomic mass is 32.1. The summed E-state index contributed by atoms with van der Waals surface area (Å²) in [5.41, 5.74) is 5.27. The molecular formula is C20H22N2OS2. The maximum atomic E-state index is 12.4. The summed E-state index contributed by atoms with van der Waals surface area (Å²) in [5.74, 6) is -0.0843. The summed E-state index contributed by atoms with van der Waals surface area (Å²) >= 11 is 3.16. The van der Waals surface area contributed by atoms with Crippen molar-refractivity contribution in [2.45, 2.75) is 40.5 Å². The molecule has 0 aliphatic heterocycles. The molecule has 0 spiro atoms. The Bertz CT molecular complexity index is 908. The number of anilines is 1. The van der Waals surface area contributed by atoms with Crippen molar-refractivity contribution in [3.8, 4) is 11.3 Å². The molecule has 25 heavy (non-hydrogen) atoms. The molecule has 3 aromatic rings. The number of nitrogens with zero attached hydrogens (tertiary/aromatic N) is 1. The molecular weight excluding hydrogens is 348 g/mol. The first kappa shape index (κ1) is 17.8. The van der Waals surface area contributed by atoms with E-state index >= 15 is 0 Å². The summed E-state index contributed by atoms with van der Waals surface area (Å²) in [6.07, 6.45) is 2.11. The maximum absolute atomic E-state index is 12.4. The van der Waals surface area contributed by atoms with Crippen LogP contribution in [0.25, 0.3) is 11.3 Å². The van der Waals surface area contributed by atoms with Gasteiger partial charge in [-0.2, -0.15) is 0 Å². The zero-order valence-corrected chi connectivity index (χ0v) is 16.6. The van der Waals surface area contributed by atoms with E-state index in [-0.39, 0.29) is 5.91 Å². The van der Waals surface area contributed by atoms with Crippen molar-refractivity contribution >= 4 is 33.7 Å². The van der Waals surface area contributed by atoms with Crippen LogP contribution < -0.4 is 5.32 Å². The lowest BCUT2D eigenvalue weighted by Gasteiger charge is -2.03.